The van der Waals surface area contributed by atoms with E-state index in [1.807, 2.05) is 0 Å². The largest absolute Gasteiger partial charge is 0.480 e. The Balaban J connectivity index is 2.14. The van der Waals surface area contributed by atoms with Gasteiger partial charge in [0.1, 0.15) is 12.1 Å². The molecule has 1 aromatic rings. The molecule has 26 heavy (non-hydrogen) atoms. The van der Waals surface area contributed by atoms with Crippen LogP contribution in [-0.4, -0.2) is 46.4 Å². The van der Waals surface area contributed by atoms with Gasteiger partial charge in [0.25, 0.3) is 5.91 Å². The number of halogens is 2. The Morgan fingerprint density at radius 3 is 2.54 bits per heavy atom. The highest BCUT2D eigenvalue weighted by Gasteiger charge is 2.36. The molecule has 1 aliphatic rings. The van der Waals surface area contributed by atoms with E-state index in [1.54, 1.807) is 19.1 Å². The molecule has 6 nitrogen and oxygen atoms in total. The summed E-state index contributed by atoms with van der Waals surface area (Å²) in [6, 6.07) is 2.77. The lowest BCUT2D eigenvalue weighted by Gasteiger charge is -2.25. The number of hydrogen-bond donors (Lipinski definition) is 2. The molecule has 0 spiro atoms. The highest BCUT2D eigenvalue weighted by Crippen LogP contribution is 2.24. The standard InChI is InChI=1S/C18H20Cl2N2O4/c1-2-3-5-14(18(25)26)21-16(23)15-6-4-7-22(15)17(24)11-8-12(19)10-13(20)9-11/h2-3,8-10,14-15H,4-7H2,1H3,(H,21,23)(H,25,26)/b3-2+. The lowest BCUT2D eigenvalue weighted by molar-refractivity contribution is -0.142. The predicted molar refractivity (Wildman–Crippen MR) is 99.5 cm³/mol. The normalized spacial score (nSPS) is 18.1. The van der Waals surface area contributed by atoms with E-state index < -0.39 is 24.0 Å². The van der Waals surface area contributed by atoms with Crippen LogP contribution in [0, 0.1) is 0 Å². The van der Waals surface area contributed by atoms with Gasteiger partial charge >= 0.3 is 5.97 Å². The first kappa shape index (κ1) is 20.3. The summed E-state index contributed by atoms with van der Waals surface area (Å²) in [5.41, 5.74) is 0.297. The number of hydrogen-bond acceptors (Lipinski definition) is 3. The minimum atomic E-state index is -1.12. The van der Waals surface area contributed by atoms with Crippen LogP contribution in [0.25, 0.3) is 0 Å². The first-order valence-electron chi connectivity index (χ1n) is 8.25. The zero-order valence-electron chi connectivity index (χ0n) is 14.2. The average Bonchev–Trinajstić information content (AvgIpc) is 3.06. The number of carboxylic acid groups (broad SMARTS) is 1. The molecule has 0 aliphatic carbocycles. The Bertz CT molecular complexity index is 716. The highest BCUT2D eigenvalue weighted by atomic mass is 35.5. The predicted octanol–water partition coefficient (Wildman–Crippen LogP) is 3.13. The number of nitrogens with zero attached hydrogens (tertiary/aromatic N) is 1. The van der Waals surface area contributed by atoms with Crippen molar-refractivity contribution in [2.75, 3.05) is 6.54 Å². The van der Waals surface area contributed by atoms with Crippen LogP contribution in [0.1, 0.15) is 36.5 Å². The molecule has 0 aromatic heterocycles. The lowest BCUT2D eigenvalue weighted by Crippen LogP contribution is -2.50. The smallest absolute Gasteiger partial charge is 0.326 e. The number of carboxylic acids is 1. The van der Waals surface area contributed by atoms with Crippen molar-refractivity contribution in [1.29, 1.82) is 0 Å². The van der Waals surface area contributed by atoms with Gasteiger partial charge in [0.05, 0.1) is 0 Å². The van der Waals surface area contributed by atoms with Crippen LogP contribution < -0.4 is 5.32 Å². The second kappa shape index (κ2) is 9.05. The van der Waals surface area contributed by atoms with Crippen LogP contribution in [0.2, 0.25) is 10.0 Å². The van der Waals surface area contributed by atoms with E-state index >= 15 is 0 Å². The van der Waals surface area contributed by atoms with E-state index in [4.69, 9.17) is 23.2 Å². The minimum absolute atomic E-state index is 0.183. The third-order valence-corrected chi connectivity index (χ3v) is 4.58. The molecule has 2 rings (SSSR count). The molecule has 2 N–H and O–H groups in total. The Kier molecular flexibility index (Phi) is 7.06. The quantitative estimate of drug-likeness (QED) is 0.720. The fourth-order valence-electron chi connectivity index (χ4n) is 2.89. The number of aliphatic carboxylic acids is 1. The third-order valence-electron chi connectivity index (χ3n) is 4.15. The van der Waals surface area contributed by atoms with Crippen molar-refractivity contribution in [3.63, 3.8) is 0 Å². The van der Waals surface area contributed by atoms with Gasteiger partial charge in [-0.15, -0.1) is 0 Å². The Labute approximate surface area is 161 Å². The number of carbonyl (C=O) groups excluding carboxylic acids is 2. The van der Waals surface area contributed by atoms with Gasteiger partial charge in [-0.05, 0) is 44.4 Å². The summed E-state index contributed by atoms with van der Waals surface area (Å²) in [5, 5.41) is 12.4. The molecule has 1 heterocycles. The summed E-state index contributed by atoms with van der Waals surface area (Å²) in [6.07, 6.45) is 4.70. The summed E-state index contributed by atoms with van der Waals surface area (Å²) < 4.78 is 0. The molecule has 1 aliphatic heterocycles. The number of amides is 2. The molecule has 1 aromatic carbocycles. The Morgan fingerprint density at radius 1 is 1.31 bits per heavy atom. The Hall–Kier alpha value is -2.05. The number of carbonyl (C=O) groups is 3. The van der Waals surface area contributed by atoms with Crippen LogP contribution in [0.3, 0.4) is 0 Å². The summed E-state index contributed by atoms with van der Waals surface area (Å²) in [7, 11) is 0. The van der Waals surface area contributed by atoms with Gasteiger partial charge in [0, 0.05) is 22.2 Å². The number of allylic oxidation sites excluding steroid dienone is 1. The zero-order chi connectivity index (χ0) is 19.3. The molecule has 2 amide bonds. The molecule has 1 saturated heterocycles. The molecular formula is C18H20Cl2N2O4. The summed E-state index contributed by atoms with van der Waals surface area (Å²) in [5.74, 6) is -1.94. The van der Waals surface area contributed by atoms with Crippen LogP contribution in [-0.2, 0) is 9.59 Å². The van der Waals surface area contributed by atoms with Crippen LogP contribution in [0.5, 0.6) is 0 Å². The van der Waals surface area contributed by atoms with E-state index in [2.05, 4.69) is 5.32 Å². The second-order valence-corrected chi connectivity index (χ2v) is 6.89. The van der Waals surface area contributed by atoms with Crippen LogP contribution >= 0.6 is 23.2 Å². The van der Waals surface area contributed by atoms with Gasteiger partial charge in [-0.3, -0.25) is 9.59 Å². The fraction of sp³-hybridized carbons (Fsp3) is 0.389. The van der Waals surface area contributed by atoms with E-state index in [0.717, 1.165) is 0 Å². The van der Waals surface area contributed by atoms with E-state index in [1.165, 1.54) is 23.1 Å². The maximum Gasteiger partial charge on any atom is 0.326 e. The van der Waals surface area contributed by atoms with Gasteiger partial charge in [0.15, 0.2) is 0 Å². The molecule has 2 unspecified atom stereocenters. The van der Waals surface area contributed by atoms with Crippen molar-refractivity contribution < 1.29 is 19.5 Å². The van der Waals surface area contributed by atoms with Crippen LogP contribution in [0.15, 0.2) is 30.4 Å². The van der Waals surface area contributed by atoms with Gasteiger partial charge in [-0.2, -0.15) is 0 Å². The zero-order valence-corrected chi connectivity index (χ0v) is 15.8. The van der Waals surface area contributed by atoms with Crippen molar-refractivity contribution in [3.8, 4) is 0 Å². The molecular weight excluding hydrogens is 379 g/mol. The first-order chi connectivity index (χ1) is 12.3. The van der Waals surface area contributed by atoms with Gasteiger partial charge in [-0.25, -0.2) is 4.79 Å². The van der Waals surface area contributed by atoms with Crippen molar-refractivity contribution in [3.05, 3.63) is 46.0 Å². The van der Waals surface area contributed by atoms with Crippen molar-refractivity contribution in [2.45, 2.75) is 38.3 Å². The summed E-state index contributed by atoms with van der Waals surface area (Å²) in [4.78, 5) is 38.1. The number of benzene rings is 1. The maximum absolute atomic E-state index is 12.8. The van der Waals surface area contributed by atoms with E-state index in [0.29, 0.717) is 35.0 Å². The monoisotopic (exact) mass is 398 g/mol. The second-order valence-electron chi connectivity index (χ2n) is 6.02. The van der Waals surface area contributed by atoms with Gasteiger partial charge in [-0.1, -0.05) is 35.4 Å². The summed E-state index contributed by atoms with van der Waals surface area (Å²) >= 11 is 11.9. The van der Waals surface area contributed by atoms with Crippen LogP contribution in [0.4, 0.5) is 0 Å². The molecule has 2 atom stereocenters. The van der Waals surface area contributed by atoms with Gasteiger partial charge < -0.3 is 15.3 Å². The van der Waals surface area contributed by atoms with E-state index in [-0.39, 0.29) is 12.3 Å². The average molecular weight is 399 g/mol. The fourth-order valence-corrected chi connectivity index (χ4v) is 3.41. The number of likely N-dealkylation sites (tertiary alicyclic amines) is 1. The lowest BCUT2D eigenvalue weighted by atomic mass is 10.1. The third kappa shape index (κ3) is 4.99. The van der Waals surface area contributed by atoms with E-state index in [9.17, 15) is 19.5 Å². The molecule has 0 saturated carbocycles. The van der Waals surface area contributed by atoms with Crippen molar-refractivity contribution in [1.82, 2.24) is 10.2 Å². The SMILES string of the molecule is C/C=C/CC(NC(=O)C1CCCN1C(=O)c1cc(Cl)cc(Cl)c1)C(=O)O. The molecule has 0 radical (unpaired) electrons. The number of nitrogens with one attached hydrogen (secondary N) is 1. The van der Waals surface area contributed by atoms with Crippen molar-refractivity contribution >= 4 is 41.0 Å². The topological polar surface area (TPSA) is 86.7 Å². The molecule has 1 fully saturated rings. The Morgan fingerprint density at radius 2 is 1.96 bits per heavy atom. The highest BCUT2D eigenvalue weighted by molar-refractivity contribution is 6.35. The first-order valence-corrected chi connectivity index (χ1v) is 9.00. The summed E-state index contributed by atoms with van der Waals surface area (Å²) in [6.45, 7) is 2.18. The molecule has 8 heteroatoms. The maximum atomic E-state index is 12.8. The van der Waals surface area contributed by atoms with Gasteiger partial charge in [0.2, 0.25) is 5.91 Å². The number of rotatable bonds is 6. The molecule has 140 valence electrons. The minimum Gasteiger partial charge on any atom is -0.480 e. The van der Waals surface area contributed by atoms with Crippen molar-refractivity contribution in [2.24, 2.45) is 0 Å². The molecule has 0 bridgehead atoms.